The molecule has 0 spiro atoms. The SMILES string of the molecule is C/C(Sc1ccccc1)=C(\F)C(=O)c1ccccc1. The van der Waals surface area contributed by atoms with Gasteiger partial charge >= 0.3 is 0 Å². The van der Waals surface area contributed by atoms with Crippen molar-refractivity contribution >= 4 is 17.5 Å². The number of hydrogen-bond acceptors (Lipinski definition) is 2. The van der Waals surface area contributed by atoms with Gasteiger partial charge in [0.15, 0.2) is 5.83 Å². The number of benzene rings is 2. The van der Waals surface area contributed by atoms with E-state index in [0.29, 0.717) is 10.5 Å². The van der Waals surface area contributed by atoms with E-state index in [1.165, 1.54) is 11.8 Å². The summed E-state index contributed by atoms with van der Waals surface area (Å²) in [7, 11) is 0. The summed E-state index contributed by atoms with van der Waals surface area (Å²) in [5, 5.41) is 0. The van der Waals surface area contributed by atoms with E-state index < -0.39 is 11.6 Å². The Hall–Kier alpha value is -1.87. The fraction of sp³-hybridized carbons (Fsp3) is 0.0625. The quantitative estimate of drug-likeness (QED) is 0.449. The molecule has 0 heterocycles. The highest BCUT2D eigenvalue weighted by Gasteiger charge is 2.15. The van der Waals surface area contributed by atoms with E-state index in [1.807, 2.05) is 30.3 Å². The second-order valence-electron chi connectivity index (χ2n) is 3.98. The Balaban J connectivity index is 2.19. The molecule has 0 amide bonds. The van der Waals surface area contributed by atoms with Gasteiger partial charge in [-0.05, 0) is 19.1 Å². The lowest BCUT2D eigenvalue weighted by molar-refractivity contribution is 0.100. The van der Waals surface area contributed by atoms with Crippen molar-refractivity contribution in [2.75, 3.05) is 0 Å². The predicted molar refractivity (Wildman–Crippen MR) is 76.9 cm³/mol. The van der Waals surface area contributed by atoms with Gasteiger partial charge in [-0.25, -0.2) is 4.39 Å². The Kier molecular flexibility index (Phi) is 4.53. The van der Waals surface area contributed by atoms with Gasteiger partial charge in [-0.15, -0.1) is 0 Å². The lowest BCUT2D eigenvalue weighted by Crippen LogP contribution is -2.00. The fourth-order valence-corrected chi connectivity index (χ4v) is 2.42. The monoisotopic (exact) mass is 272 g/mol. The molecule has 0 unspecified atom stereocenters. The molecule has 0 saturated heterocycles. The van der Waals surface area contributed by atoms with Gasteiger partial charge in [0.1, 0.15) is 0 Å². The molecule has 1 nitrogen and oxygen atoms in total. The largest absolute Gasteiger partial charge is 0.286 e. The van der Waals surface area contributed by atoms with Crippen LogP contribution in [-0.4, -0.2) is 5.78 Å². The van der Waals surface area contributed by atoms with Crippen molar-refractivity contribution < 1.29 is 9.18 Å². The van der Waals surface area contributed by atoms with Crippen LogP contribution in [0.1, 0.15) is 17.3 Å². The molecule has 0 fully saturated rings. The van der Waals surface area contributed by atoms with Crippen molar-refractivity contribution in [2.24, 2.45) is 0 Å². The van der Waals surface area contributed by atoms with E-state index in [0.717, 1.165) is 4.90 Å². The minimum Gasteiger partial charge on any atom is -0.286 e. The maximum absolute atomic E-state index is 14.1. The molecule has 96 valence electrons. The van der Waals surface area contributed by atoms with Crippen LogP contribution >= 0.6 is 11.8 Å². The number of halogens is 1. The first-order valence-corrected chi connectivity index (χ1v) is 6.69. The van der Waals surface area contributed by atoms with Crippen LogP contribution in [0.3, 0.4) is 0 Å². The van der Waals surface area contributed by atoms with Crippen LogP contribution in [0.15, 0.2) is 76.3 Å². The molecule has 2 rings (SSSR count). The van der Waals surface area contributed by atoms with E-state index in [4.69, 9.17) is 0 Å². The summed E-state index contributed by atoms with van der Waals surface area (Å²) in [5.74, 6) is -1.26. The van der Waals surface area contributed by atoms with Crippen LogP contribution in [-0.2, 0) is 0 Å². The maximum atomic E-state index is 14.1. The van der Waals surface area contributed by atoms with Crippen LogP contribution in [0.5, 0.6) is 0 Å². The first kappa shape index (κ1) is 13.6. The molecule has 3 heteroatoms. The number of Topliss-reactive ketones (excluding diaryl/α,β-unsaturated/α-hetero) is 1. The van der Waals surface area contributed by atoms with Gasteiger partial charge in [0.05, 0.1) is 0 Å². The summed E-state index contributed by atoms with van der Waals surface area (Å²) < 4.78 is 14.1. The lowest BCUT2D eigenvalue weighted by atomic mass is 10.1. The third-order valence-electron chi connectivity index (χ3n) is 2.56. The highest BCUT2D eigenvalue weighted by Crippen LogP contribution is 2.29. The van der Waals surface area contributed by atoms with Crippen molar-refractivity contribution in [3.63, 3.8) is 0 Å². The number of thioether (sulfide) groups is 1. The molecule has 0 N–H and O–H groups in total. The normalized spacial score (nSPS) is 11.9. The molecule has 0 aliphatic rings. The van der Waals surface area contributed by atoms with Gasteiger partial charge in [-0.1, -0.05) is 60.3 Å². The molecule has 0 atom stereocenters. The molecule has 0 aliphatic carbocycles. The number of rotatable bonds is 4. The Morgan fingerprint density at radius 3 is 2.05 bits per heavy atom. The molecule has 2 aromatic rings. The smallest absolute Gasteiger partial charge is 0.222 e. The van der Waals surface area contributed by atoms with Gasteiger partial charge in [0.25, 0.3) is 0 Å². The Morgan fingerprint density at radius 2 is 1.47 bits per heavy atom. The minimum atomic E-state index is -0.694. The van der Waals surface area contributed by atoms with Crippen molar-refractivity contribution in [1.29, 1.82) is 0 Å². The van der Waals surface area contributed by atoms with E-state index in [-0.39, 0.29) is 0 Å². The molecule has 0 aromatic heterocycles. The minimum absolute atomic E-state index is 0.369. The fourth-order valence-electron chi connectivity index (χ4n) is 1.59. The molecular weight excluding hydrogens is 259 g/mol. The highest BCUT2D eigenvalue weighted by molar-refractivity contribution is 8.03. The molecular formula is C16H13FOS. The second kappa shape index (κ2) is 6.34. The molecule has 0 saturated carbocycles. The standard InChI is InChI=1S/C16H13FOS/c1-12(19-14-10-6-3-7-11-14)15(17)16(18)13-8-4-2-5-9-13/h2-11H,1H3/b15-12+. The van der Waals surface area contributed by atoms with Crippen LogP contribution in [0.2, 0.25) is 0 Å². The zero-order valence-electron chi connectivity index (χ0n) is 10.5. The average Bonchev–Trinajstić information content (AvgIpc) is 2.47. The average molecular weight is 272 g/mol. The summed E-state index contributed by atoms with van der Waals surface area (Å²) in [6.45, 7) is 1.62. The van der Waals surface area contributed by atoms with Crippen molar-refractivity contribution in [2.45, 2.75) is 11.8 Å². The first-order valence-electron chi connectivity index (χ1n) is 5.87. The maximum Gasteiger partial charge on any atom is 0.222 e. The number of carbonyl (C=O) groups is 1. The van der Waals surface area contributed by atoms with Gasteiger partial charge in [0.2, 0.25) is 5.78 Å². The lowest BCUT2D eigenvalue weighted by Gasteiger charge is -2.04. The zero-order valence-corrected chi connectivity index (χ0v) is 11.3. The summed E-state index contributed by atoms with van der Waals surface area (Å²) >= 11 is 1.26. The van der Waals surface area contributed by atoms with Gasteiger partial charge in [-0.3, -0.25) is 4.79 Å². The number of allylic oxidation sites excluding steroid dienone is 2. The van der Waals surface area contributed by atoms with E-state index >= 15 is 0 Å². The van der Waals surface area contributed by atoms with Crippen LogP contribution in [0, 0.1) is 0 Å². The van der Waals surface area contributed by atoms with Crippen LogP contribution < -0.4 is 0 Å². The zero-order chi connectivity index (χ0) is 13.7. The topological polar surface area (TPSA) is 17.1 Å². The Bertz CT molecular complexity index is 591. The summed E-state index contributed by atoms with van der Waals surface area (Å²) in [6.07, 6.45) is 0. The molecule has 0 radical (unpaired) electrons. The van der Waals surface area contributed by atoms with E-state index in [9.17, 15) is 9.18 Å². The highest BCUT2D eigenvalue weighted by atomic mass is 32.2. The number of ketones is 1. The van der Waals surface area contributed by atoms with Gasteiger partial charge in [0, 0.05) is 15.4 Å². The van der Waals surface area contributed by atoms with Gasteiger partial charge in [-0.2, -0.15) is 0 Å². The first-order chi connectivity index (χ1) is 9.18. The third kappa shape index (κ3) is 3.55. The Labute approximate surface area is 116 Å². The van der Waals surface area contributed by atoms with E-state index in [1.54, 1.807) is 37.3 Å². The van der Waals surface area contributed by atoms with Crippen molar-refractivity contribution in [3.05, 3.63) is 77.0 Å². The summed E-state index contributed by atoms with van der Waals surface area (Å²) in [4.78, 5) is 13.2. The van der Waals surface area contributed by atoms with Crippen molar-refractivity contribution in [3.8, 4) is 0 Å². The summed E-state index contributed by atoms with van der Waals surface area (Å²) in [5.41, 5.74) is 0.369. The molecule has 2 aromatic carbocycles. The van der Waals surface area contributed by atoms with Gasteiger partial charge < -0.3 is 0 Å². The third-order valence-corrected chi connectivity index (χ3v) is 3.55. The van der Waals surface area contributed by atoms with Crippen LogP contribution in [0.25, 0.3) is 0 Å². The second-order valence-corrected chi connectivity index (χ2v) is 5.27. The Morgan fingerprint density at radius 1 is 0.947 bits per heavy atom. The number of carbonyl (C=O) groups excluding carboxylic acids is 1. The molecule has 0 aliphatic heterocycles. The van der Waals surface area contributed by atoms with Crippen LogP contribution in [0.4, 0.5) is 4.39 Å². The predicted octanol–water partition coefficient (Wildman–Crippen LogP) is 4.86. The summed E-state index contributed by atoms with van der Waals surface area (Å²) in [6, 6.07) is 17.9. The molecule has 19 heavy (non-hydrogen) atoms. The van der Waals surface area contributed by atoms with Crippen molar-refractivity contribution in [1.82, 2.24) is 0 Å². The molecule has 0 bridgehead atoms. The van der Waals surface area contributed by atoms with E-state index in [2.05, 4.69) is 0 Å². The number of hydrogen-bond donors (Lipinski definition) is 0.